The summed E-state index contributed by atoms with van der Waals surface area (Å²) in [6.07, 6.45) is 2.03. The second kappa shape index (κ2) is 5.23. The third-order valence-electron chi connectivity index (χ3n) is 3.47. The van der Waals surface area contributed by atoms with Gasteiger partial charge < -0.3 is 4.74 Å². The van der Waals surface area contributed by atoms with E-state index in [1.165, 1.54) is 0 Å². The number of fused-ring (bicyclic) bond motifs is 1. The normalized spacial score (nSPS) is 11.0. The van der Waals surface area contributed by atoms with Crippen molar-refractivity contribution in [3.63, 3.8) is 0 Å². The summed E-state index contributed by atoms with van der Waals surface area (Å²) in [6, 6.07) is 12.0. The van der Waals surface area contributed by atoms with Gasteiger partial charge in [-0.05, 0) is 35.4 Å². The molecule has 5 nitrogen and oxygen atoms in total. The van der Waals surface area contributed by atoms with E-state index in [1.54, 1.807) is 24.0 Å². The van der Waals surface area contributed by atoms with E-state index in [0.717, 1.165) is 34.0 Å². The van der Waals surface area contributed by atoms with Crippen LogP contribution in [0.25, 0.3) is 28.3 Å². The molecule has 6 heteroatoms. The number of hydrogen-bond donors (Lipinski definition) is 0. The molecule has 0 N–H and O–H groups in total. The fraction of sp³-hybridized carbons (Fsp3) is 0.0625. The third kappa shape index (κ3) is 2.14. The van der Waals surface area contributed by atoms with Gasteiger partial charge in [-0.15, -0.1) is 21.5 Å². The Hall–Kier alpha value is -2.73. The topological polar surface area (TPSA) is 52.3 Å². The molecule has 0 amide bonds. The zero-order chi connectivity index (χ0) is 14.9. The number of hydrogen-bond acceptors (Lipinski definition) is 5. The van der Waals surface area contributed by atoms with Gasteiger partial charge in [-0.25, -0.2) is 4.98 Å². The lowest BCUT2D eigenvalue weighted by Gasteiger charge is -2.06. The molecule has 0 unspecified atom stereocenters. The second-order valence-electron chi connectivity index (χ2n) is 4.78. The summed E-state index contributed by atoms with van der Waals surface area (Å²) in [5.41, 5.74) is 5.58. The monoisotopic (exact) mass is 308 g/mol. The van der Waals surface area contributed by atoms with Crippen molar-refractivity contribution in [2.45, 2.75) is 0 Å². The predicted molar refractivity (Wildman–Crippen MR) is 86.1 cm³/mol. The highest BCUT2D eigenvalue weighted by Gasteiger charge is 2.10. The van der Waals surface area contributed by atoms with E-state index >= 15 is 0 Å². The first-order valence-corrected chi connectivity index (χ1v) is 7.67. The molecule has 0 aliphatic carbocycles. The number of aromatic nitrogens is 4. The van der Waals surface area contributed by atoms with Crippen molar-refractivity contribution in [3.05, 3.63) is 53.5 Å². The largest absolute Gasteiger partial charge is 0.497 e. The van der Waals surface area contributed by atoms with Gasteiger partial charge >= 0.3 is 0 Å². The summed E-state index contributed by atoms with van der Waals surface area (Å²) < 4.78 is 7.25. The van der Waals surface area contributed by atoms with Crippen molar-refractivity contribution in [1.82, 2.24) is 19.6 Å². The minimum absolute atomic E-state index is 0.751. The summed E-state index contributed by atoms with van der Waals surface area (Å²) in [5, 5.41) is 10.4. The molecule has 0 aliphatic rings. The van der Waals surface area contributed by atoms with Gasteiger partial charge in [0.1, 0.15) is 11.4 Å². The lowest BCUT2D eigenvalue weighted by Crippen LogP contribution is -1.91. The van der Waals surface area contributed by atoms with Crippen LogP contribution in [0.1, 0.15) is 0 Å². The molecule has 0 spiro atoms. The molecule has 0 fully saturated rings. The number of nitrogens with zero attached hydrogens (tertiary/aromatic N) is 4. The van der Waals surface area contributed by atoms with Crippen LogP contribution in [0.5, 0.6) is 5.75 Å². The smallest absolute Gasteiger partial charge is 0.187 e. The number of ether oxygens (including phenoxy) is 1. The molecular formula is C16H12N4OS. The number of thiazole rings is 1. The Bertz CT molecular complexity index is 930. The average molecular weight is 308 g/mol. The SMILES string of the molecule is COc1cccc(-c2ccc3nnc(-c4cscn4)n3c2)c1. The molecule has 3 heterocycles. The Morgan fingerprint density at radius 1 is 1.09 bits per heavy atom. The third-order valence-corrected chi connectivity index (χ3v) is 4.05. The molecule has 22 heavy (non-hydrogen) atoms. The van der Waals surface area contributed by atoms with Crippen molar-refractivity contribution in [2.75, 3.05) is 7.11 Å². The zero-order valence-electron chi connectivity index (χ0n) is 11.8. The summed E-state index contributed by atoms with van der Waals surface area (Å²) in [7, 11) is 1.67. The molecule has 0 radical (unpaired) electrons. The van der Waals surface area contributed by atoms with Crippen LogP contribution in [0, 0.1) is 0 Å². The van der Waals surface area contributed by atoms with Crippen LogP contribution in [0.15, 0.2) is 53.5 Å². The molecule has 0 bridgehead atoms. The van der Waals surface area contributed by atoms with Crippen molar-refractivity contribution in [3.8, 4) is 28.4 Å². The van der Waals surface area contributed by atoms with E-state index in [1.807, 2.05) is 46.3 Å². The minimum Gasteiger partial charge on any atom is -0.497 e. The Balaban J connectivity index is 1.87. The van der Waals surface area contributed by atoms with Gasteiger partial charge in [0.25, 0.3) is 0 Å². The van der Waals surface area contributed by atoms with E-state index in [4.69, 9.17) is 4.74 Å². The molecule has 1 aromatic carbocycles. The molecule has 0 saturated carbocycles. The first-order valence-electron chi connectivity index (χ1n) is 6.73. The van der Waals surface area contributed by atoms with E-state index in [2.05, 4.69) is 21.2 Å². The summed E-state index contributed by atoms with van der Waals surface area (Å²) in [4.78, 5) is 4.31. The Kier molecular flexibility index (Phi) is 3.08. The van der Waals surface area contributed by atoms with Crippen molar-refractivity contribution in [1.29, 1.82) is 0 Å². The maximum Gasteiger partial charge on any atom is 0.187 e. The van der Waals surface area contributed by atoms with Gasteiger partial charge in [-0.3, -0.25) is 4.40 Å². The Morgan fingerprint density at radius 2 is 2.05 bits per heavy atom. The Labute approximate surface area is 130 Å². The van der Waals surface area contributed by atoms with E-state index in [-0.39, 0.29) is 0 Å². The van der Waals surface area contributed by atoms with Crippen LogP contribution in [0.4, 0.5) is 0 Å². The van der Waals surface area contributed by atoms with E-state index in [0.29, 0.717) is 0 Å². The minimum atomic E-state index is 0.751. The highest BCUT2D eigenvalue weighted by molar-refractivity contribution is 7.07. The maximum absolute atomic E-state index is 5.29. The molecule has 3 aromatic heterocycles. The van der Waals surface area contributed by atoms with Gasteiger partial charge in [-0.1, -0.05) is 12.1 Å². The number of pyridine rings is 1. The van der Waals surface area contributed by atoms with Crippen molar-refractivity contribution < 1.29 is 4.74 Å². The summed E-state index contributed by atoms with van der Waals surface area (Å²) >= 11 is 1.54. The lowest BCUT2D eigenvalue weighted by molar-refractivity contribution is 0.415. The summed E-state index contributed by atoms with van der Waals surface area (Å²) in [5.74, 6) is 1.59. The molecule has 108 valence electrons. The first kappa shape index (κ1) is 13.0. The summed E-state index contributed by atoms with van der Waals surface area (Å²) in [6.45, 7) is 0. The van der Waals surface area contributed by atoms with Gasteiger partial charge in [0.05, 0.1) is 12.6 Å². The number of rotatable bonds is 3. The van der Waals surface area contributed by atoms with Crippen LogP contribution in [-0.4, -0.2) is 26.7 Å². The fourth-order valence-electron chi connectivity index (χ4n) is 2.36. The number of methoxy groups -OCH3 is 1. The van der Waals surface area contributed by atoms with E-state index < -0.39 is 0 Å². The van der Waals surface area contributed by atoms with Gasteiger partial charge in [0.15, 0.2) is 11.5 Å². The molecule has 0 aliphatic heterocycles. The van der Waals surface area contributed by atoms with Gasteiger partial charge in [-0.2, -0.15) is 0 Å². The fourth-order valence-corrected chi connectivity index (χ4v) is 2.89. The van der Waals surface area contributed by atoms with Gasteiger partial charge in [0.2, 0.25) is 0 Å². The molecule has 4 aromatic rings. The highest BCUT2D eigenvalue weighted by Crippen LogP contribution is 2.26. The molecule has 0 saturated heterocycles. The lowest BCUT2D eigenvalue weighted by atomic mass is 10.1. The van der Waals surface area contributed by atoms with Crippen LogP contribution in [0.2, 0.25) is 0 Å². The molecular weight excluding hydrogens is 296 g/mol. The van der Waals surface area contributed by atoms with Crippen LogP contribution < -0.4 is 4.74 Å². The van der Waals surface area contributed by atoms with Gasteiger partial charge in [0, 0.05) is 11.6 Å². The van der Waals surface area contributed by atoms with Crippen molar-refractivity contribution >= 4 is 17.0 Å². The highest BCUT2D eigenvalue weighted by atomic mass is 32.1. The van der Waals surface area contributed by atoms with Crippen LogP contribution in [-0.2, 0) is 0 Å². The standard InChI is InChI=1S/C16H12N4OS/c1-21-13-4-2-3-11(7-13)12-5-6-15-18-19-16(20(15)8-12)14-9-22-10-17-14/h2-10H,1H3. The first-order chi connectivity index (χ1) is 10.8. The molecule has 4 rings (SSSR count). The quantitative estimate of drug-likeness (QED) is 0.581. The van der Waals surface area contributed by atoms with Crippen molar-refractivity contribution in [2.24, 2.45) is 0 Å². The zero-order valence-corrected chi connectivity index (χ0v) is 12.6. The number of benzene rings is 1. The van der Waals surface area contributed by atoms with E-state index in [9.17, 15) is 0 Å². The predicted octanol–water partition coefficient (Wildman–Crippen LogP) is 3.53. The Morgan fingerprint density at radius 3 is 2.86 bits per heavy atom. The average Bonchev–Trinajstić information content (AvgIpc) is 3.23. The van der Waals surface area contributed by atoms with Crippen LogP contribution >= 0.6 is 11.3 Å². The molecule has 0 atom stereocenters. The second-order valence-corrected chi connectivity index (χ2v) is 5.49. The van der Waals surface area contributed by atoms with Crippen LogP contribution in [0.3, 0.4) is 0 Å². The maximum atomic E-state index is 5.29.